The van der Waals surface area contributed by atoms with Crippen molar-refractivity contribution in [2.75, 3.05) is 18.5 Å². The molecule has 0 radical (unpaired) electrons. The Morgan fingerprint density at radius 3 is 3.20 bits per heavy atom. The predicted molar refractivity (Wildman–Crippen MR) is 63.4 cm³/mol. The zero-order chi connectivity index (χ0) is 10.3. The number of hydrogen-bond donors (Lipinski definition) is 1. The molecule has 3 nitrogen and oxygen atoms in total. The molecule has 1 aliphatic carbocycles. The fraction of sp³-hybridized carbons (Fsp3) is 0.727. The Morgan fingerprint density at radius 2 is 2.53 bits per heavy atom. The molecule has 2 bridgehead atoms. The minimum Gasteiger partial charge on any atom is -0.345 e. The Morgan fingerprint density at radius 1 is 1.60 bits per heavy atom. The Bertz CT molecular complexity index is 349. The fourth-order valence-electron chi connectivity index (χ4n) is 2.84. The largest absolute Gasteiger partial charge is 0.345 e. The maximum atomic E-state index is 4.54. The standard InChI is InChI=1S/C11H17N3S/c1-12-5-10-6-13-11(15-10)14-7-8-2-3-9(14)4-8/h6,8-9,12H,2-5,7H2,1H3. The average Bonchev–Trinajstić information content (AvgIpc) is 2.91. The summed E-state index contributed by atoms with van der Waals surface area (Å²) in [5, 5.41) is 4.42. The molecule has 4 heteroatoms. The maximum Gasteiger partial charge on any atom is 0.185 e. The fourth-order valence-corrected chi connectivity index (χ4v) is 3.85. The Labute approximate surface area is 94.5 Å². The summed E-state index contributed by atoms with van der Waals surface area (Å²) in [7, 11) is 1.98. The summed E-state index contributed by atoms with van der Waals surface area (Å²) >= 11 is 1.85. The van der Waals surface area contributed by atoms with Crippen molar-refractivity contribution >= 4 is 16.5 Å². The van der Waals surface area contributed by atoms with Gasteiger partial charge in [0.1, 0.15) is 0 Å². The predicted octanol–water partition coefficient (Wildman–Crippen LogP) is 1.85. The summed E-state index contributed by atoms with van der Waals surface area (Å²) in [5.74, 6) is 0.951. The first-order valence-electron chi connectivity index (χ1n) is 5.73. The summed E-state index contributed by atoms with van der Waals surface area (Å²) in [6, 6.07) is 0.795. The number of hydrogen-bond acceptors (Lipinski definition) is 4. The van der Waals surface area contributed by atoms with Gasteiger partial charge in [-0.15, -0.1) is 11.3 Å². The van der Waals surface area contributed by atoms with E-state index in [9.17, 15) is 0 Å². The van der Waals surface area contributed by atoms with Crippen LogP contribution in [0.4, 0.5) is 5.13 Å². The molecular formula is C11H17N3S. The van der Waals surface area contributed by atoms with Gasteiger partial charge in [0, 0.05) is 30.2 Å². The van der Waals surface area contributed by atoms with Crippen molar-refractivity contribution < 1.29 is 0 Å². The number of thiazole rings is 1. The van der Waals surface area contributed by atoms with E-state index in [0.29, 0.717) is 0 Å². The molecule has 2 heterocycles. The van der Waals surface area contributed by atoms with Gasteiger partial charge in [0.15, 0.2) is 5.13 Å². The van der Waals surface area contributed by atoms with E-state index in [-0.39, 0.29) is 0 Å². The monoisotopic (exact) mass is 223 g/mol. The Balaban J connectivity index is 1.75. The molecule has 0 spiro atoms. The van der Waals surface area contributed by atoms with Crippen molar-refractivity contribution in [2.24, 2.45) is 5.92 Å². The van der Waals surface area contributed by atoms with Crippen molar-refractivity contribution in [3.8, 4) is 0 Å². The number of nitrogens with zero attached hydrogens (tertiary/aromatic N) is 2. The first-order chi connectivity index (χ1) is 7.36. The zero-order valence-corrected chi connectivity index (χ0v) is 9.89. The molecule has 1 saturated heterocycles. The second kappa shape index (κ2) is 3.76. The SMILES string of the molecule is CNCc1cnc(N2CC3CCC2C3)s1. The first kappa shape index (κ1) is 9.60. The minimum absolute atomic E-state index is 0.795. The van der Waals surface area contributed by atoms with Crippen molar-refractivity contribution in [3.63, 3.8) is 0 Å². The van der Waals surface area contributed by atoms with Crippen molar-refractivity contribution in [3.05, 3.63) is 11.1 Å². The van der Waals surface area contributed by atoms with E-state index < -0.39 is 0 Å². The third kappa shape index (κ3) is 1.66. The highest BCUT2D eigenvalue weighted by Gasteiger charge is 2.38. The smallest absolute Gasteiger partial charge is 0.185 e. The van der Waals surface area contributed by atoms with Crippen molar-refractivity contribution in [1.82, 2.24) is 10.3 Å². The summed E-state index contributed by atoms with van der Waals surface area (Å²) in [5.41, 5.74) is 0. The summed E-state index contributed by atoms with van der Waals surface area (Å²) in [6.07, 6.45) is 6.24. The number of anilines is 1. The summed E-state index contributed by atoms with van der Waals surface area (Å²) < 4.78 is 0. The minimum atomic E-state index is 0.795. The quantitative estimate of drug-likeness (QED) is 0.847. The van der Waals surface area contributed by atoms with E-state index in [2.05, 4.69) is 15.2 Å². The second-order valence-electron chi connectivity index (χ2n) is 4.62. The normalized spacial score (nSPS) is 29.0. The Hall–Kier alpha value is -0.610. The highest BCUT2D eigenvalue weighted by atomic mass is 32.1. The van der Waals surface area contributed by atoms with Gasteiger partial charge in [-0.25, -0.2) is 4.98 Å². The van der Waals surface area contributed by atoms with Crippen LogP contribution in [-0.2, 0) is 6.54 Å². The van der Waals surface area contributed by atoms with Gasteiger partial charge in [0.2, 0.25) is 0 Å². The summed E-state index contributed by atoms with van der Waals surface area (Å²) in [4.78, 5) is 8.41. The number of piperidine rings is 1. The number of aromatic nitrogens is 1. The van der Waals surface area contributed by atoms with Crippen LogP contribution >= 0.6 is 11.3 Å². The third-order valence-corrected chi connectivity index (χ3v) is 4.58. The van der Waals surface area contributed by atoms with Crippen LogP contribution in [0.15, 0.2) is 6.20 Å². The average molecular weight is 223 g/mol. The molecular weight excluding hydrogens is 206 g/mol. The van der Waals surface area contributed by atoms with Crippen LogP contribution in [0.2, 0.25) is 0 Å². The molecule has 2 aliphatic rings. The van der Waals surface area contributed by atoms with E-state index in [0.717, 1.165) is 18.5 Å². The van der Waals surface area contributed by atoms with Gasteiger partial charge in [-0.3, -0.25) is 0 Å². The molecule has 0 aromatic carbocycles. The molecule has 1 aliphatic heterocycles. The van der Waals surface area contributed by atoms with E-state index in [1.807, 2.05) is 24.6 Å². The highest BCUT2D eigenvalue weighted by molar-refractivity contribution is 7.15. The number of fused-ring (bicyclic) bond motifs is 2. The van der Waals surface area contributed by atoms with Crippen LogP contribution in [0, 0.1) is 5.92 Å². The molecule has 1 aromatic rings. The van der Waals surface area contributed by atoms with Crippen LogP contribution in [0.3, 0.4) is 0 Å². The van der Waals surface area contributed by atoms with Crippen LogP contribution < -0.4 is 10.2 Å². The molecule has 2 unspecified atom stereocenters. The lowest BCUT2D eigenvalue weighted by Gasteiger charge is -2.26. The van der Waals surface area contributed by atoms with Gasteiger partial charge in [0.25, 0.3) is 0 Å². The lowest BCUT2D eigenvalue weighted by atomic mass is 10.1. The van der Waals surface area contributed by atoms with Gasteiger partial charge >= 0.3 is 0 Å². The molecule has 0 amide bonds. The lowest BCUT2D eigenvalue weighted by Crippen LogP contribution is -2.31. The maximum absolute atomic E-state index is 4.54. The van der Waals surface area contributed by atoms with Crippen LogP contribution in [0.1, 0.15) is 24.1 Å². The lowest BCUT2D eigenvalue weighted by molar-refractivity contribution is 0.553. The van der Waals surface area contributed by atoms with Gasteiger partial charge in [-0.05, 0) is 32.2 Å². The van der Waals surface area contributed by atoms with Crippen molar-refractivity contribution in [2.45, 2.75) is 31.8 Å². The van der Waals surface area contributed by atoms with Crippen molar-refractivity contribution in [1.29, 1.82) is 0 Å². The van der Waals surface area contributed by atoms with Gasteiger partial charge in [0.05, 0.1) is 0 Å². The van der Waals surface area contributed by atoms with Gasteiger partial charge < -0.3 is 10.2 Å². The second-order valence-corrected chi connectivity index (χ2v) is 5.72. The number of nitrogens with one attached hydrogen (secondary N) is 1. The van der Waals surface area contributed by atoms with E-state index in [1.54, 1.807) is 0 Å². The van der Waals surface area contributed by atoms with Gasteiger partial charge in [-0.1, -0.05) is 0 Å². The molecule has 1 aromatic heterocycles. The van der Waals surface area contributed by atoms with E-state index in [1.165, 1.54) is 35.8 Å². The molecule has 3 rings (SSSR count). The molecule has 15 heavy (non-hydrogen) atoms. The molecule has 82 valence electrons. The number of rotatable bonds is 3. The zero-order valence-electron chi connectivity index (χ0n) is 9.07. The third-order valence-electron chi connectivity index (χ3n) is 3.55. The van der Waals surface area contributed by atoms with Crippen LogP contribution in [-0.4, -0.2) is 24.6 Å². The molecule has 1 N–H and O–H groups in total. The van der Waals surface area contributed by atoms with E-state index >= 15 is 0 Å². The highest BCUT2D eigenvalue weighted by Crippen LogP contribution is 2.41. The topological polar surface area (TPSA) is 28.2 Å². The van der Waals surface area contributed by atoms with Crippen LogP contribution in [0.25, 0.3) is 0 Å². The Kier molecular flexibility index (Phi) is 2.41. The summed E-state index contributed by atoms with van der Waals surface area (Å²) in [6.45, 7) is 2.19. The van der Waals surface area contributed by atoms with Gasteiger partial charge in [-0.2, -0.15) is 0 Å². The van der Waals surface area contributed by atoms with E-state index in [4.69, 9.17) is 0 Å². The molecule has 2 fully saturated rings. The molecule has 1 saturated carbocycles. The molecule has 2 atom stereocenters. The van der Waals surface area contributed by atoms with Crippen LogP contribution in [0.5, 0.6) is 0 Å². The first-order valence-corrected chi connectivity index (χ1v) is 6.54.